The van der Waals surface area contributed by atoms with Crippen molar-refractivity contribution in [2.45, 2.75) is 12.5 Å². The predicted octanol–water partition coefficient (Wildman–Crippen LogP) is -0.0509. The number of hydrogen-bond acceptors (Lipinski definition) is 3. The van der Waals surface area contributed by atoms with Crippen molar-refractivity contribution in [1.29, 1.82) is 0 Å². The van der Waals surface area contributed by atoms with Gasteiger partial charge >= 0.3 is 0 Å². The van der Waals surface area contributed by atoms with Gasteiger partial charge in [-0.05, 0) is 13.0 Å². The third kappa shape index (κ3) is 2.63. The molecule has 4 heteroatoms. The second kappa shape index (κ2) is 3.36. The summed E-state index contributed by atoms with van der Waals surface area (Å²) < 4.78 is 21.3. The lowest BCUT2D eigenvalue weighted by Gasteiger charge is -2.26. The fourth-order valence-electron chi connectivity index (χ4n) is 1.07. The molecule has 0 aliphatic carbocycles. The highest BCUT2D eigenvalue weighted by Crippen LogP contribution is 2.09. The topological polar surface area (TPSA) is 46.2 Å². The molecule has 0 aromatic rings. The van der Waals surface area contributed by atoms with Crippen LogP contribution in [-0.2, 0) is 9.84 Å². The van der Waals surface area contributed by atoms with Gasteiger partial charge in [-0.15, -0.1) is 6.58 Å². The molecule has 3 nitrogen and oxygen atoms in total. The highest BCUT2D eigenvalue weighted by atomic mass is 32.2. The number of hydrogen-bond donors (Lipinski definition) is 1. The fraction of sp³-hybridized carbons (Fsp3) is 0.714. The Labute approximate surface area is 67.4 Å². The van der Waals surface area contributed by atoms with Gasteiger partial charge < -0.3 is 5.32 Å². The van der Waals surface area contributed by atoms with Crippen LogP contribution in [0.2, 0.25) is 0 Å². The highest BCUT2D eigenvalue weighted by Gasteiger charge is 2.32. The molecule has 1 saturated heterocycles. The molecule has 0 unspecified atom stereocenters. The van der Waals surface area contributed by atoms with E-state index < -0.39 is 9.84 Å². The molecule has 1 fully saturated rings. The van der Waals surface area contributed by atoms with Crippen molar-refractivity contribution in [2.75, 3.05) is 18.1 Å². The van der Waals surface area contributed by atoms with Gasteiger partial charge in [0.2, 0.25) is 0 Å². The molecule has 0 saturated carbocycles. The van der Waals surface area contributed by atoms with E-state index in [0.717, 1.165) is 13.0 Å². The maximum atomic E-state index is 10.7. The molecule has 1 N–H and O–H groups in total. The van der Waals surface area contributed by atoms with Crippen molar-refractivity contribution < 1.29 is 8.42 Å². The lowest BCUT2D eigenvalue weighted by Crippen LogP contribution is -2.51. The minimum Gasteiger partial charge on any atom is -0.312 e. The monoisotopic (exact) mass is 175 g/mol. The summed E-state index contributed by atoms with van der Waals surface area (Å²) in [6.45, 7) is 4.41. The van der Waals surface area contributed by atoms with Crippen LogP contribution in [0.4, 0.5) is 0 Å². The van der Waals surface area contributed by atoms with E-state index in [2.05, 4.69) is 11.9 Å². The third-order valence-corrected chi connectivity index (χ3v) is 3.51. The molecular weight excluding hydrogens is 162 g/mol. The summed E-state index contributed by atoms with van der Waals surface area (Å²) in [5.74, 6) is 0.619. The second-order valence-electron chi connectivity index (χ2n) is 2.81. The minimum atomic E-state index is -2.66. The molecule has 0 amide bonds. The Balaban J connectivity index is 2.09. The summed E-state index contributed by atoms with van der Waals surface area (Å²) in [6, 6.07) is 0.194. The molecule has 0 spiro atoms. The molecule has 1 aliphatic rings. The van der Waals surface area contributed by atoms with Gasteiger partial charge in [-0.1, -0.05) is 6.08 Å². The Hall–Kier alpha value is -0.350. The lowest BCUT2D eigenvalue weighted by atomic mass is 10.3. The lowest BCUT2D eigenvalue weighted by molar-refractivity contribution is 0.515. The Bertz CT molecular complexity index is 221. The molecule has 0 atom stereocenters. The molecule has 0 bridgehead atoms. The summed E-state index contributed by atoms with van der Waals surface area (Å²) >= 11 is 0. The van der Waals surface area contributed by atoms with E-state index in [0.29, 0.717) is 11.5 Å². The van der Waals surface area contributed by atoms with Crippen molar-refractivity contribution in [3.8, 4) is 0 Å². The standard InChI is InChI=1S/C7H13NO2S/c1-2-3-4-8-7-5-11(9,10)6-7/h2,7-8H,1,3-6H2. The first-order valence-electron chi connectivity index (χ1n) is 3.69. The first-order valence-corrected chi connectivity index (χ1v) is 5.51. The third-order valence-electron chi connectivity index (χ3n) is 1.69. The quantitative estimate of drug-likeness (QED) is 0.481. The summed E-state index contributed by atoms with van der Waals surface area (Å²) in [5, 5.41) is 3.13. The van der Waals surface area contributed by atoms with E-state index in [9.17, 15) is 8.42 Å². The highest BCUT2D eigenvalue weighted by molar-refractivity contribution is 7.92. The molecule has 0 aromatic carbocycles. The first-order chi connectivity index (χ1) is 5.14. The van der Waals surface area contributed by atoms with Gasteiger partial charge in [0, 0.05) is 6.04 Å². The summed E-state index contributed by atoms with van der Waals surface area (Å²) in [6.07, 6.45) is 2.72. The van der Waals surface area contributed by atoms with Gasteiger partial charge in [0.25, 0.3) is 0 Å². The van der Waals surface area contributed by atoms with Crippen molar-refractivity contribution in [1.82, 2.24) is 5.32 Å². The zero-order chi connectivity index (χ0) is 8.32. The molecule has 1 aliphatic heterocycles. The van der Waals surface area contributed by atoms with Crippen molar-refractivity contribution in [3.05, 3.63) is 12.7 Å². The zero-order valence-corrected chi connectivity index (χ0v) is 7.23. The Kier molecular flexibility index (Phi) is 2.67. The summed E-state index contributed by atoms with van der Waals surface area (Å²) in [4.78, 5) is 0. The molecule has 64 valence electrons. The SMILES string of the molecule is C=CCCNC1CS(=O)(=O)C1. The predicted molar refractivity (Wildman–Crippen MR) is 45.3 cm³/mol. The van der Waals surface area contributed by atoms with Gasteiger partial charge in [0.05, 0.1) is 11.5 Å². The summed E-state index contributed by atoms with van der Waals surface area (Å²) in [5.41, 5.74) is 0. The molecule has 0 radical (unpaired) electrons. The maximum absolute atomic E-state index is 10.7. The molecule has 0 aromatic heterocycles. The molecular formula is C7H13NO2S. The van der Waals surface area contributed by atoms with E-state index in [1.165, 1.54) is 0 Å². The van der Waals surface area contributed by atoms with Gasteiger partial charge in [-0.25, -0.2) is 8.42 Å². The van der Waals surface area contributed by atoms with Crippen LogP contribution in [0.1, 0.15) is 6.42 Å². The van der Waals surface area contributed by atoms with Crippen LogP contribution in [0.3, 0.4) is 0 Å². The Morgan fingerprint density at radius 1 is 1.55 bits per heavy atom. The molecule has 1 rings (SSSR count). The normalized spacial score (nSPS) is 22.5. The Morgan fingerprint density at radius 3 is 2.64 bits per heavy atom. The van der Waals surface area contributed by atoms with Gasteiger partial charge in [0.1, 0.15) is 0 Å². The van der Waals surface area contributed by atoms with Crippen LogP contribution < -0.4 is 5.32 Å². The molecule has 11 heavy (non-hydrogen) atoms. The van der Waals surface area contributed by atoms with Crippen molar-refractivity contribution >= 4 is 9.84 Å². The average Bonchev–Trinajstić information content (AvgIpc) is 1.84. The van der Waals surface area contributed by atoms with Crippen molar-refractivity contribution in [3.63, 3.8) is 0 Å². The number of sulfone groups is 1. The van der Waals surface area contributed by atoms with E-state index >= 15 is 0 Å². The Morgan fingerprint density at radius 2 is 2.18 bits per heavy atom. The number of nitrogens with one attached hydrogen (secondary N) is 1. The van der Waals surface area contributed by atoms with Crippen LogP contribution in [0.5, 0.6) is 0 Å². The first kappa shape index (κ1) is 8.74. The maximum Gasteiger partial charge on any atom is 0.153 e. The number of rotatable bonds is 4. The largest absolute Gasteiger partial charge is 0.312 e. The van der Waals surface area contributed by atoms with Gasteiger partial charge in [0.15, 0.2) is 9.84 Å². The van der Waals surface area contributed by atoms with Crippen LogP contribution in [0.15, 0.2) is 12.7 Å². The molecule has 1 heterocycles. The van der Waals surface area contributed by atoms with Crippen molar-refractivity contribution in [2.24, 2.45) is 0 Å². The van der Waals surface area contributed by atoms with E-state index in [1.807, 2.05) is 6.08 Å². The fourth-order valence-corrected chi connectivity index (χ4v) is 2.44. The van der Waals surface area contributed by atoms with E-state index in [4.69, 9.17) is 0 Å². The van der Waals surface area contributed by atoms with Gasteiger partial charge in [-0.3, -0.25) is 0 Å². The van der Waals surface area contributed by atoms with E-state index in [1.54, 1.807) is 0 Å². The van der Waals surface area contributed by atoms with Gasteiger partial charge in [-0.2, -0.15) is 0 Å². The smallest absolute Gasteiger partial charge is 0.153 e. The van der Waals surface area contributed by atoms with Crippen LogP contribution >= 0.6 is 0 Å². The second-order valence-corrected chi connectivity index (χ2v) is 4.96. The van der Waals surface area contributed by atoms with Crippen LogP contribution in [0.25, 0.3) is 0 Å². The zero-order valence-electron chi connectivity index (χ0n) is 6.41. The van der Waals surface area contributed by atoms with Crippen LogP contribution in [-0.4, -0.2) is 32.5 Å². The van der Waals surface area contributed by atoms with Crippen LogP contribution in [0, 0.1) is 0 Å². The summed E-state index contributed by atoms with van der Waals surface area (Å²) in [7, 11) is -2.66. The minimum absolute atomic E-state index is 0.194. The average molecular weight is 175 g/mol. The van der Waals surface area contributed by atoms with E-state index in [-0.39, 0.29) is 6.04 Å².